The molecule has 0 radical (unpaired) electrons. The van der Waals surface area contributed by atoms with Gasteiger partial charge in [-0.2, -0.15) is 0 Å². The molecule has 2 nitrogen and oxygen atoms in total. The van der Waals surface area contributed by atoms with Crippen molar-refractivity contribution in [1.29, 1.82) is 0 Å². The molecule has 4 heteroatoms. The van der Waals surface area contributed by atoms with Gasteiger partial charge < -0.3 is 4.74 Å². The third-order valence-corrected chi connectivity index (χ3v) is 5.23. The van der Waals surface area contributed by atoms with Crippen molar-refractivity contribution in [2.45, 2.75) is 43.7 Å². The summed E-state index contributed by atoms with van der Waals surface area (Å²) in [6.07, 6.45) is 5.53. The highest BCUT2D eigenvalue weighted by atomic mass is 35.5. The van der Waals surface area contributed by atoms with Crippen LogP contribution in [0.2, 0.25) is 5.02 Å². The van der Waals surface area contributed by atoms with Crippen molar-refractivity contribution in [1.82, 2.24) is 4.98 Å². The van der Waals surface area contributed by atoms with Crippen molar-refractivity contribution in [2.75, 3.05) is 5.75 Å². The monoisotopic (exact) mass is 333 g/mol. The highest BCUT2D eigenvalue weighted by molar-refractivity contribution is 7.99. The molecule has 1 fully saturated rings. The van der Waals surface area contributed by atoms with Gasteiger partial charge in [-0.3, -0.25) is 0 Å². The molecule has 0 aliphatic heterocycles. The van der Waals surface area contributed by atoms with Crippen LogP contribution in [0.3, 0.4) is 0 Å². The molecule has 0 unspecified atom stereocenters. The van der Waals surface area contributed by atoms with Gasteiger partial charge in [-0.15, -0.1) is 11.8 Å². The molecule has 1 saturated carbocycles. The van der Waals surface area contributed by atoms with Crippen LogP contribution in [0.25, 0.3) is 0 Å². The maximum absolute atomic E-state index is 6.35. The van der Waals surface area contributed by atoms with Crippen molar-refractivity contribution in [3.8, 4) is 5.75 Å². The number of benzene rings is 1. The number of hydrogen-bond acceptors (Lipinski definition) is 3. The molecule has 1 aliphatic carbocycles. The van der Waals surface area contributed by atoms with Crippen LogP contribution in [0.4, 0.5) is 0 Å². The van der Waals surface area contributed by atoms with Crippen LogP contribution in [0.5, 0.6) is 5.75 Å². The zero-order valence-electron chi connectivity index (χ0n) is 12.7. The van der Waals surface area contributed by atoms with Crippen LogP contribution in [0.15, 0.2) is 41.6 Å². The molecule has 3 rings (SSSR count). The van der Waals surface area contributed by atoms with E-state index in [0.717, 1.165) is 28.5 Å². The third kappa shape index (κ3) is 3.96. The summed E-state index contributed by atoms with van der Waals surface area (Å²) in [6.45, 7) is 2.68. The first-order chi connectivity index (χ1) is 10.8. The molecule has 0 saturated heterocycles. The van der Waals surface area contributed by atoms with Gasteiger partial charge in [-0.25, -0.2) is 4.98 Å². The summed E-state index contributed by atoms with van der Waals surface area (Å²) in [5.74, 6) is 2.53. The number of pyridine rings is 1. The number of rotatable bonds is 7. The number of halogens is 1. The van der Waals surface area contributed by atoms with Crippen LogP contribution in [0.1, 0.15) is 43.2 Å². The second kappa shape index (κ2) is 7.38. The summed E-state index contributed by atoms with van der Waals surface area (Å²) in [5.41, 5.74) is 2.45. The molecule has 1 aromatic heterocycles. The Morgan fingerprint density at radius 2 is 2.18 bits per heavy atom. The Morgan fingerprint density at radius 3 is 2.91 bits per heavy atom. The lowest BCUT2D eigenvalue weighted by molar-refractivity contribution is 0.302. The van der Waals surface area contributed by atoms with Gasteiger partial charge in [0.2, 0.25) is 0 Å². The van der Waals surface area contributed by atoms with E-state index in [0.29, 0.717) is 17.5 Å². The van der Waals surface area contributed by atoms with Crippen LogP contribution in [-0.4, -0.2) is 10.7 Å². The Balaban J connectivity index is 1.67. The fourth-order valence-corrected chi connectivity index (χ4v) is 3.41. The van der Waals surface area contributed by atoms with Gasteiger partial charge in [0.15, 0.2) is 0 Å². The van der Waals surface area contributed by atoms with E-state index >= 15 is 0 Å². The summed E-state index contributed by atoms with van der Waals surface area (Å²) in [4.78, 5) is 4.45. The highest BCUT2D eigenvalue weighted by Crippen LogP contribution is 2.42. The summed E-state index contributed by atoms with van der Waals surface area (Å²) in [7, 11) is 0. The van der Waals surface area contributed by atoms with E-state index in [-0.39, 0.29) is 0 Å². The van der Waals surface area contributed by atoms with E-state index in [1.165, 1.54) is 18.4 Å². The summed E-state index contributed by atoms with van der Waals surface area (Å²) in [6, 6.07) is 10.2. The quantitative estimate of drug-likeness (QED) is 0.607. The first-order valence-electron chi connectivity index (χ1n) is 7.77. The van der Waals surface area contributed by atoms with Crippen molar-refractivity contribution in [3.05, 3.63) is 52.7 Å². The third-order valence-electron chi connectivity index (χ3n) is 3.68. The molecule has 1 aromatic carbocycles. The largest absolute Gasteiger partial charge is 0.487 e. The zero-order chi connectivity index (χ0) is 15.4. The van der Waals surface area contributed by atoms with Crippen LogP contribution in [-0.2, 0) is 6.61 Å². The Kier molecular flexibility index (Phi) is 5.27. The molecule has 1 heterocycles. The minimum atomic E-state index is 0.502. The topological polar surface area (TPSA) is 22.1 Å². The average Bonchev–Trinajstić information content (AvgIpc) is 3.37. The second-order valence-corrected chi connectivity index (χ2v) is 7.06. The van der Waals surface area contributed by atoms with E-state index in [1.54, 1.807) is 11.8 Å². The molecule has 0 bridgehead atoms. The smallest absolute Gasteiger partial charge is 0.138 e. The van der Waals surface area contributed by atoms with E-state index in [4.69, 9.17) is 16.3 Å². The number of aromatic nitrogens is 1. The van der Waals surface area contributed by atoms with Crippen molar-refractivity contribution < 1.29 is 4.74 Å². The Labute approximate surface area is 141 Å². The SMILES string of the molecule is CCCSc1ncccc1COc1ccc(C2CC2)cc1Cl. The molecule has 22 heavy (non-hydrogen) atoms. The summed E-state index contributed by atoms with van der Waals surface area (Å²) in [5, 5.41) is 1.76. The summed E-state index contributed by atoms with van der Waals surface area (Å²) < 4.78 is 5.91. The zero-order valence-corrected chi connectivity index (χ0v) is 14.3. The van der Waals surface area contributed by atoms with Gasteiger partial charge in [-0.05, 0) is 54.7 Å². The molecule has 0 spiro atoms. The Bertz CT molecular complexity index is 643. The first-order valence-corrected chi connectivity index (χ1v) is 9.13. The molecular formula is C18H20ClNOS. The van der Waals surface area contributed by atoms with Gasteiger partial charge in [0, 0.05) is 11.8 Å². The molecule has 116 valence electrons. The Hall–Kier alpha value is -1.19. The van der Waals surface area contributed by atoms with E-state index < -0.39 is 0 Å². The lowest BCUT2D eigenvalue weighted by atomic mass is 10.1. The van der Waals surface area contributed by atoms with Crippen molar-refractivity contribution in [2.24, 2.45) is 0 Å². The standard InChI is InChI=1S/C18H20ClNOS/c1-2-10-22-18-15(4-3-9-20-18)12-21-17-8-7-14(11-16(17)19)13-5-6-13/h3-4,7-9,11,13H,2,5-6,10,12H2,1H3. The van der Waals surface area contributed by atoms with Crippen molar-refractivity contribution in [3.63, 3.8) is 0 Å². The number of nitrogens with zero attached hydrogens (tertiary/aromatic N) is 1. The fraction of sp³-hybridized carbons (Fsp3) is 0.389. The fourth-order valence-electron chi connectivity index (χ4n) is 2.32. The molecule has 0 atom stereocenters. The maximum Gasteiger partial charge on any atom is 0.138 e. The van der Waals surface area contributed by atoms with Crippen LogP contribution < -0.4 is 4.74 Å². The minimum absolute atomic E-state index is 0.502. The predicted octanol–water partition coefficient (Wildman–Crippen LogP) is 5.69. The predicted molar refractivity (Wildman–Crippen MR) is 93.0 cm³/mol. The number of hydrogen-bond donors (Lipinski definition) is 0. The minimum Gasteiger partial charge on any atom is -0.487 e. The lowest BCUT2D eigenvalue weighted by Gasteiger charge is -2.11. The van der Waals surface area contributed by atoms with Gasteiger partial charge in [0.1, 0.15) is 17.4 Å². The van der Waals surface area contributed by atoms with Gasteiger partial charge in [0.05, 0.1) is 5.02 Å². The Morgan fingerprint density at radius 1 is 1.32 bits per heavy atom. The normalized spacial score (nSPS) is 14.1. The molecule has 1 aliphatic rings. The molecular weight excluding hydrogens is 314 g/mol. The first kappa shape index (κ1) is 15.7. The number of ether oxygens (including phenoxy) is 1. The maximum atomic E-state index is 6.35. The van der Waals surface area contributed by atoms with E-state index in [1.807, 2.05) is 24.4 Å². The molecule has 2 aromatic rings. The van der Waals surface area contributed by atoms with Crippen molar-refractivity contribution >= 4 is 23.4 Å². The van der Waals surface area contributed by atoms with Gasteiger partial charge in [0.25, 0.3) is 0 Å². The number of thioether (sulfide) groups is 1. The molecule has 0 amide bonds. The van der Waals surface area contributed by atoms with Gasteiger partial charge >= 0.3 is 0 Å². The summed E-state index contributed by atoms with van der Waals surface area (Å²) >= 11 is 8.12. The van der Waals surface area contributed by atoms with Gasteiger partial charge in [-0.1, -0.05) is 30.7 Å². The van der Waals surface area contributed by atoms with E-state index in [2.05, 4.69) is 24.0 Å². The highest BCUT2D eigenvalue weighted by Gasteiger charge is 2.24. The average molecular weight is 334 g/mol. The van der Waals surface area contributed by atoms with Crippen LogP contribution in [0, 0.1) is 0 Å². The lowest BCUT2D eigenvalue weighted by Crippen LogP contribution is -2.00. The second-order valence-electron chi connectivity index (χ2n) is 5.57. The van der Waals surface area contributed by atoms with E-state index in [9.17, 15) is 0 Å². The molecule has 0 N–H and O–H groups in total. The van der Waals surface area contributed by atoms with Crippen LogP contribution >= 0.6 is 23.4 Å².